The first-order valence-electron chi connectivity index (χ1n) is 4.91. The first-order valence-corrected chi connectivity index (χ1v) is 5.29. The van der Waals surface area contributed by atoms with Gasteiger partial charge in [0.1, 0.15) is 5.56 Å². The SMILES string of the molecule is Cc1nn(-c2ccncc2Cl)c(C)c1C(=O)O. The van der Waals surface area contributed by atoms with E-state index in [0.717, 1.165) is 0 Å². The minimum absolute atomic E-state index is 0.206. The van der Waals surface area contributed by atoms with Gasteiger partial charge < -0.3 is 5.11 Å². The van der Waals surface area contributed by atoms with E-state index in [1.165, 1.54) is 10.9 Å². The summed E-state index contributed by atoms with van der Waals surface area (Å²) in [4.78, 5) is 14.9. The molecule has 2 aromatic heterocycles. The molecule has 2 aromatic rings. The third-order valence-corrected chi connectivity index (χ3v) is 2.78. The highest BCUT2D eigenvalue weighted by Crippen LogP contribution is 2.22. The zero-order chi connectivity index (χ0) is 12.6. The van der Waals surface area contributed by atoms with Crippen molar-refractivity contribution in [1.29, 1.82) is 0 Å². The Labute approximate surface area is 103 Å². The number of hydrogen-bond acceptors (Lipinski definition) is 3. The molecule has 6 heteroatoms. The van der Waals surface area contributed by atoms with Crippen molar-refractivity contribution in [3.05, 3.63) is 40.4 Å². The van der Waals surface area contributed by atoms with Crippen LogP contribution in [-0.4, -0.2) is 25.8 Å². The molecule has 0 unspecified atom stereocenters. The van der Waals surface area contributed by atoms with Crippen molar-refractivity contribution in [2.45, 2.75) is 13.8 Å². The summed E-state index contributed by atoms with van der Waals surface area (Å²) in [6, 6.07) is 1.69. The molecule has 2 rings (SSSR count). The van der Waals surface area contributed by atoms with Crippen LogP contribution < -0.4 is 0 Å². The predicted molar refractivity (Wildman–Crippen MR) is 62.8 cm³/mol. The van der Waals surface area contributed by atoms with Crippen molar-refractivity contribution >= 4 is 17.6 Å². The third kappa shape index (κ3) is 1.89. The molecule has 0 saturated heterocycles. The molecule has 0 bridgehead atoms. The van der Waals surface area contributed by atoms with Crippen LogP contribution in [0, 0.1) is 13.8 Å². The number of carboxylic acid groups (broad SMARTS) is 1. The van der Waals surface area contributed by atoms with Crippen LogP contribution in [0.1, 0.15) is 21.7 Å². The zero-order valence-corrected chi connectivity index (χ0v) is 10.1. The Bertz CT molecular complexity index is 592. The molecule has 2 heterocycles. The second kappa shape index (κ2) is 4.18. The van der Waals surface area contributed by atoms with Gasteiger partial charge in [0.15, 0.2) is 0 Å². The normalized spacial score (nSPS) is 10.5. The molecular weight excluding hydrogens is 242 g/mol. The van der Waals surface area contributed by atoms with E-state index in [0.29, 0.717) is 22.1 Å². The minimum Gasteiger partial charge on any atom is -0.478 e. The fourth-order valence-corrected chi connectivity index (χ4v) is 1.93. The predicted octanol–water partition coefficient (Wildman–Crippen LogP) is 2.24. The summed E-state index contributed by atoms with van der Waals surface area (Å²) < 4.78 is 1.52. The van der Waals surface area contributed by atoms with Crippen molar-refractivity contribution in [1.82, 2.24) is 14.8 Å². The Balaban J connectivity index is 2.66. The van der Waals surface area contributed by atoms with Gasteiger partial charge in [0.05, 0.1) is 22.1 Å². The molecule has 1 N–H and O–H groups in total. The smallest absolute Gasteiger partial charge is 0.339 e. The number of nitrogens with zero attached hydrogens (tertiary/aromatic N) is 3. The van der Waals surface area contributed by atoms with E-state index in [9.17, 15) is 4.79 Å². The van der Waals surface area contributed by atoms with Gasteiger partial charge in [-0.15, -0.1) is 0 Å². The van der Waals surface area contributed by atoms with Gasteiger partial charge in [0.2, 0.25) is 0 Å². The lowest BCUT2D eigenvalue weighted by Gasteiger charge is -2.05. The molecule has 0 spiro atoms. The summed E-state index contributed by atoms with van der Waals surface area (Å²) in [6.45, 7) is 3.35. The summed E-state index contributed by atoms with van der Waals surface area (Å²) in [5, 5.41) is 13.7. The van der Waals surface area contributed by atoms with E-state index in [1.54, 1.807) is 26.1 Å². The van der Waals surface area contributed by atoms with Crippen LogP contribution in [0.15, 0.2) is 18.5 Å². The molecule has 0 atom stereocenters. The third-order valence-electron chi connectivity index (χ3n) is 2.48. The molecule has 0 aliphatic rings. The Morgan fingerprint density at radius 2 is 2.18 bits per heavy atom. The van der Waals surface area contributed by atoms with Crippen LogP contribution in [0.3, 0.4) is 0 Å². The molecule has 0 saturated carbocycles. The van der Waals surface area contributed by atoms with Gasteiger partial charge in [-0.05, 0) is 19.9 Å². The average Bonchev–Trinajstić information content (AvgIpc) is 2.55. The molecular formula is C11H10ClN3O2. The lowest BCUT2D eigenvalue weighted by Crippen LogP contribution is -2.03. The number of hydrogen-bond donors (Lipinski definition) is 1. The number of aryl methyl sites for hydroxylation is 1. The van der Waals surface area contributed by atoms with E-state index in [2.05, 4.69) is 10.1 Å². The maximum Gasteiger partial charge on any atom is 0.339 e. The Kier molecular flexibility index (Phi) is 2.85. The largest absolute Gasteiger partial charge is 0.478 e. The monoisotopic (exact) mass is 251 g/mol. The highest BCUT2D eigenvalue weighted by Gasteiger charge is 2.19. The topological polar surface area (TPSA) is 68.0 Å². The molecule has 0 aliphatic carbocycles. The van der Waals surface area contributed by atoms with Crippen LogP contribution in [-0.2, 0) is 0 Å². The van der Waals surface area contributed by atoms with Crippen LogP contribution in [0.4, 0.5) is 0 Å². The van der Waals surface area contributed by atoms with Crippen LogP contribution in [0.25, 0.3) is 5.69 Å². The summed E-state index contributed by atoms with van der Waals surface area (Å²) in [5.74, 6) is -0.989. The van der Waals surface area contributed by atoms with Crippen molar-refractivity contribution in [3.63, 3.8) is 0 Å². The van der Waals surface area contributed by atoms with Gasteiger partial charge in [-0.25, -0.2) is 9.48 Å². The molecule has 0 amide bonds. The number of aromatic nitrogens is 3. The first kappa shape index (κ1) is 11.6. The Hall–Kier alpha value is -1.88. The van der Waals surface area contributed by atoms with E-state index in [1.807, 2.05) is 0 Å². The summed E-state index contributed by atoms with van der Waals surface area (Å²) >= 11 is 6.00. The van der Waals surface area contributed by atoms with Crippen LogP contribution >= 0.6 is 11.6 Å². The Morgan fingerprint density at radius 3 is 2.71 bits per heavy atom. The van der Waals surface area contributed by atoms with E-state index < -0.39 is 5.97 Å². The van der Waals surface area contributed by atoms with Gasteiger partial charge >= 0.3 is 5.97 Å². The maximum atomic E-state index is 11.1. The lowest BCUT2D eigenvalue weighted by atomic mass is 10.2. The van der Waals surface area contributed by atoms with Gasteiger partial charge in [0.25, 0.3) is 0 Å². The average molecular weight is 252 g/mol. The van der Waals surface area contributed by atoms with Crippen molar-refractivity contribution in [2.24, 2.45) is 0 Å². The zero-order valence-electron chi connectivity index (χ0n) is 9.31. The molecule has 88 valence electrons. The second-order valence-electron chi connectivity index (χ2n) is 3.59. The standard InChI is InChI=1S/C11H10ClN3O2/c1-6-10(11(16)17)7(2)15(14-6)9-3-4-13-5-8(9)12/h3-5H,1-2H3,(H,16,17). The number of pyridine rings is 1. The van der Waals surface area contributed by atoms with E-state index in [4.69, 9.17) is 16.7 Å². The van der Waals surface area contributed by atoms with Crippen molar-refractivity contribution in [2.75, 3.05) is 0 Å². The molecule has 0 radical (unpaired) electrons. The van der Waals surface area contributed by atoms with Gasteiger partial charge in [0, 0.05) is 12.4 Å². The fraction of sp³-hybridized carbons (Fsp3) is 0.182. The lowest BCUT2D eigenvalue weighted by molar-refractivity contribution is 0.0695. The molecule has 0 fully saturated rings. The number of aromatic carboxylic acids is 1. The molecule has 0 aliphatic heterocycles. The highest BCUT2D eigenvalue weighted by molar-refractivity contribution is 6.32. The molecule has 0 aromatic carbocycles. The first-order chi connectivity index (χ1) is 8.02. The molecule has 17 heavy (non-hydrogen) atoms. The van der Waals surface area contributed by atoms with E-state index in [-0.39, 0.29) is 5.56 Å². The summed E-state index contributed by atoms with van der Waals surface area (Å²) in [5.41, 5.74) is 1.83. The van der Waals surface area contributed by atoms with Crippen LogP contribution in [0.2, 0.25) is 5.02 Å². The van der Waals surface area contributed by atoms with Gasteiger partial charge in [-0.1, -0.05) is 11.6 Å². The number of carboxylic acids is 1. The quantitative estimate of drug-likeness (QED) is 0.889. The highest BCUT2D eigenvalue weighted by atomic mass is 35.5. The van der Waals surface area contributed by atoms with Crippen LogP contribution in [0.5, 0.6) is 0 Å². The minimum atomic E-state index is -0.989. The second-order valence-corrected chi connectivity index (χ2v) is 4.00. The Morgan fingerprint density at radius 1 is 1.47 bits per heavy atom. The van der Waals surface area contributed by atoms with E-state index >= 15 is 0 Å². The summed E-state index contributed by atoms with van der Waals surface area (Å²) in [6.07, 6.45) is 3.08. The fourth-order valence-electron chi connectivity index (χ4n) is 1.73. The van der Waals surface area contributed by atoms with Gasteiger partial charge in [-0.3, -0.25) is 4.98 Å². The van der Waals surface area contributed by atoms with Gasteiger partial charge in [-0.2, -0.15) is 5.10 Å². The molecule has 5 nitrogen and oxygen atoms in total. The van der Waals surface area contributed by atoms with Crippen molar-refractivity contribution in [3.8, 4) is 5.69 Å². The number of rotatable bonds is 2. The van der Waals surface area contributed by atoms with Crippen molar-refractivity contribution < 1.29 is 9.90 Å². The number of halogens is 1. The maximum absolute atomic E-state index is 11.1. The number of carbonyl (C=O) groups is 1. The summed E-state index contributed by atoms with van der Waals surface area (Å²) in [7, 11) is 0.